The molecular weight excluding hydrogens is 222 g/mol. The Hall–Kier alpha value is -0.800. The second kappa shape index (κ2) is 4.81. The molecule has 0 radical (unpaired) electrons. The second-order valence-electron chi connectivity index (χ2n) is 3.21. The third kappa shape index (κ3) is 2.41. The van der Waals surface area contributed by atoms with Crippen molar-refractivity contribution in [2.24, 2.45) is 0 Å². The van der Waals surface area contributed by atoms with Gasteiger partial charge in [0.2, 0.25) is 0 Å². The van der Waals surface area contributed by atoms with E-state index in [0.717, 1.165) is 12.1 Å². The van der Waals surface area contributed by atoms with Crippen LogP contribution in [0.15, 0.2) is 34.5 Å². The Bertz CT molecular complexity index is 431. The average Bonchev–Trinajstić information content (AvgIpc) is 2.78. The van der Waals surface area contributed by atoms with Crippen molar-refractivity contribution in [3.8, 4) is 11.3 Å². The molecule has 0 unspecified atom stereocenters. The molecule has 1 aromatic carbocycles. The van der Waals surface area contributed by atoms with Crippen LogP contribution >= 0.6 is 23.1 Å². The molecule has 1 aromatic heterocycles. The Labute approximate surface area is 98.6 Å². The lowest BCUT2D eigenvalue weighted by atomic mass is 10.2. The van der Waals surface area contributed by atoms with E-state index in [1.165, 1.54) is 15.5 Å². The quantitative estimate of drug-likeness (QED) is 0.743. The van der Waals surface area contributed by atoms with Crippen molar-refractivity contribution in [3.63, 3.8) is 0 Å². The molecule has 1 heterocycles. The molecule has 0 spiro atoms. The smallest absolute Gasteiger partial charge is 0.0929 e. The molecule has 0 saturated heterocycles. The molecule has 0 amide bonds. The van der Waals surface area contributed by atoms with Gasteiger partial charge in [0.15, 0.2) is 0 Å². The van der Waals surface area contributed by atoms with Gasteiger partial charge in [0, 0.05) is 15.8 Å². The molecule has 2 aromatic rings. The average molecular weight is 235 g/mol. The lowest BCUT2D eigenvalue weighted by Gasteiger charge is -1.98. The van der Waals surface area contributed by atoms with Gasteiger partial charge in [0.1, 0.15) is 0 Å². The Morgan fingerprint density at radius 2 is 2.00 bits per heavy atom. The van der Waals surface area contributed by atoms with Crippen LogP contribution in [0, 0.1) is 0 Å². The SMILES string of the molecule is CCc1nc(-c2ccc(SC)cc2)cs1. The lowest BCUT2D eigenvalue weighted by Crippen LogP contribution is -1.80. The van der Waals surface area contributed by atoms with Gasteiger partial charge in [-0.3, -0.25) is 0 Å². The second-order valence-corrected chi connectivity index (χ2v) is 5.03. The molecule has 0 aliphatic heterocycles. The van der Waals surface area contributed by atoms with Gasteiger partial charge in [-0.05, 0) is 24.8 Å². The molecule has 0 aliphatic carbocycles. The van der Waals surface area contributed by atoms with Crippen LogP contribution in [0.1, 0.15) is 11.9 Å². The summed E-state index contributed by atoms with van der Waals surface area (Å²) >= 11 is 3.50. The summed E-state index contributed by atoms with van der Waals surface area (Å²) in [6, 6.07) is 8.57. The van der Waals surface area contributed by atoms with Gasteiger partial charge >= 0.3 is 0 Å². The Kier molecular flexibility index (Phi) is 3.44. The summed E-state index contributed by atoms with van der Waals surface area (Å²) in [5.74, 6) is 0. The highest BCUT2D eigenvalue weighted by Crippen LogP contribution is 2.24. The number of benzene rings is 1. The van der Waals surface area contributed by atoms with E-state index in [0.29, 0.717) is 0 Å². The number of rotatable bonds is 3. The Morgan fingerprint density at radius 1 is 1.27 bits per heavy atom. The van der Waals surface area contributed by atoms with E-state index in [2.05, 4.69) is 47.8 Å². The summed E-state index contributed by atoms with van der Waals surface area (Å²) in [5.41, 5.74) is 2.31. The number of thioether (sulfide) groups is 1. The zero-order valence-corrected chi connectivity index (χ0v) is 10.5. The number of hydrogen-bond acceptors (Lipinski definition) is 3. The molecule has 0 saturated carbocycles. The van der Waals surface area contributed by atoms with Crippen LogP contribution in [0.3, 0.4) is 0 Å². The van der Waals surface area contributed by atoms with E-state index in [-0.39, 0.29) is 0 Å². The molecule has 15 heavy (non-hydrogen) atoms. The van der Waals surface area contributed by atoms with Crippen molar-refractivity contribution in [1.29, 1.82) is 0 Å². The van der Waals surface area contributed by atoms with Crippen LogP contribution in [0.4, 0.5) is 0 Å². The van der Waals surface area contributed by atoms with Crippen LogP contribution < -0.4 is 0 Å². The fraction of sp³-hybridized carbons (Fsp3) is 0.250. The highest BCUT2D eigenvalue weighted by atomic mass is 32.2. The summed E-state index contributed by atoms with van der Waals surface area (Å²) < 4.78 is 0. The Balaban J connectivity index is 2.28. The predicted octanol–water partition coefficient (Wildman–Crippen LogP) is 4.09. The van der Waals surface area contributed by atoms with E-state index < -0.39 is 0 Å². The lowest BCUT2D eigenvalue weighted by molar-refractivity contribution is 1.10. The monoisotopic (exact) mass is 235 g/mol. The zero-order valence-electron chi connectivity index (χ0n) is 8.86. The standard InChI is InChI=1S/C12H13NS2/c1-3-12-13-11(8-15-12)9-4-6-10(14-2)7-5-9/h4-8H,3H2,1-2H3. The van der Waals surface area contributed by atoms with E-state index in [4.69, 9.17) is 0 Å². The van der Waals surface area contributed by atoms with E-state index in [9.17, 15) is 0 Å². The number of hydrogen-bond donors (Lipinski definition) is 0. The highest BCUT2D eigenvalue weighted by Gasteiger charge is 2.02. The first-order chi connectivity index (χ1) is 7.33. The largest absolute Gasteiger partial charge is 0.241 e. The van der Waals surface area contributed by atoms with Crippen molar-refractivity contribution >= 4 is 23.1 Å². The fourth-order valence-corrected chi connectivity index (χ4v) is 2.53. The summed E-state index contributed by atoms with van der Waals surface area (Å²) in [7, 11) is 0. The van der Waals surface area contributed by atoms with Crippen LogP contribution in [-0.4, -0.2) is 11.2 Å². The molecule has 0 fully saturated rings. The minimum atomic E-state index is 1.02. The van der Waals surface area contributed by atoms with Gasteiger partial charge in [0.05, 0.1) is 10.7 Å². The normalized spacial score (nSPS) is 10.5. The van der Waals surface area contributed by atoms with Crippen molar-refractivity contribution in [2.75, 3.05) is 6.26 Å². The topological polar surface area (TPSA) is 12.9 Å². The zero-order chi connectivity index (χ0) is 10.7. The first-order valence-electron chi connectivity index (χ1n) is 4.92. The summed E-state index contributed by atoms with van der Waals surface area (Å²) in [4.78, 5) is 5.86. The van der Waals surface area contributed by atoms with Crippen LogP contribution in [0.2, 0.25) is 0 Å². The van der Waals surface area contributed by atoms with Crippen molar-refractivity contribution in [1.82, 2.24) is 4.98 Å². The predicted molar refractivity (Wildman–Crippen MR) is 68.7 cm³/mol. The highest BCUT2D eigenvalue weighted by molar-refractivity contribution is 7.98. The van der Waals surface area contributed by atoms with Gasteiger partial charge in [-0.25, -0.2) is 4.98 Å². The molecule has 1 nitrogen and oxygen atoms in total. The molecule has 3 heteroatoms. The summed E-state index contributed by atoms with van der Waals surface area (Å²) in [5, 5.41) is 3.34. The number of aromatic nitrogens is 1. The molecule has 0 aliphatic rings. The first-order valence-corrected chi connectivity index (χ1v) is 7.02. The maximum Gasteiger partial charge on any atom is 0.0929 e. The molecule has 0 bridgehead atoms. The summed E-state index contributed by atoms with van der Waals surface area (Å²) in [6.45, 7) is 2.14. The minimum absolute atomic E-state index is 1.02. The maximum atomic E-state index is 4.57. The van der Waals surface area contributed by atoms with Crippen molar-refractivity contribution in [2.45, 2.75) is 18.2 Å². The minimum Gasteiger partial charge on any atom is -0.241 e. The maximum absolute atomic E-state index is 4.57. The van der Waals surface area contributed by atoms with Gasteiger partial charge < -0.3 is 0 Å². The van der Waals surface area contributed by atoms with E-state index in [1.54, 1.807) is 23.1 Å². The van der Waals surface area contributed by atoms with Crippen LogP contribution in [-0.2, 0) is 6.42 Å². The molecule has 78 valence electrons. The van der Waals surface area contributed by atoms with Crippen LogP contribution in [0.25, 0.3) is 11.3 Å². The number of thiazole rings is 1. The van der Waals surface area contributed by atoms with Gasteiger partial charge in [-0.1, -0.05) is 19.1 Å². The van der Waals surface area contributed by atoms with E-state index in [1.807, 2.05) is 0 Å². The first kappa shape index (κ1) is 10.7. The molecule has 0 atom stereocenters. The van der Waals surface area contributed by atoms with E-state index >= 15 is 0 Å². The van der Waals surface area contributed by atoms with Crippen molar-refractivity contribution in [3.05, 3.63) is 34.7 Å². The van der Waals surface area contributed by atoms with Gasteiger partial charge in [-0.2, -0.15) is 0 Å². The Morgan fingerprint density at radius 3 is 2.53 bits per heavy atom. The van der Waals surface area contributed by atoms with Crippen molar-refractivity contribution < 1.29 is 0 Å². The number of aryl methyl sites for hydroxylation is 1. The third-order valence-electron chi connectivity index (χ3n) is 2.24. The molecular formula is C12H13NS2. The molecule has 2 rings (SSSR count). The molecule has 0 N–H and O–H groups in total. The summed E-state index contributed by atoms with van der Waals surface area (Å²) in [6.07, 6.45) is 3.11. The number of nitrogens with zero attached hydrogens (tertiary/aromatic N) is 1. The van der Waals surface area contributed by atoms with Gasteiger partial charge in [-0.15, -0.1) is 23.1 Å². The van der Waals surface area contributed by atoms with Crippen LogP contribution in [0.5, 0.6) is 0 Å². The fourth-order valence-electron chi connectivity index (χ4n) is 1.37. The van der Waals surface area contributed by atoms with Gasteiger partial charge in [0.25, 0.3) is 0 Å². The third-order valence-corrected chi connectivity index (χ3v) is 3.98.